The number of fused-ring (bicyclic) bond motifs is 1. The summed E-state index contributed by atoms with van der Waals surface area (Å²) in [6, 6.07) is 21.3. The van der Waals surface area contributed by atoms with Crippen LogP contribution in [0.1, 0.15) is 42.5 Å². The Labute approximate surface area is 169 Å². The molecule has 2 nitrogen and oxygen atoms in total. The molecule has 1 aromatic heterocycles. The van der Waals surface area contributed by atoms with Crippen molar-refractivity contribution in [3.63, 3.8) is 0 Å². The third-order valence-corrected chi connectivity index (χ3v) is 7.03. The number of Topliss-reactive ketones (excluding diaryl/α,β-unsaturated/α-hetero) is 1. The first-order valence-electron chi connectivity index (χ1n) is 9.95. The molecule has 0 bridgehead atoms. The van der Waals surface area contributed by atoms with Gasteiger partial charge in [0.2, 0.25) is 0 Å². The zero-order chi connectivity index (χ0) is 19.1. The molecule has 1 aliphatic carbocycles. The van der Waals surface area contributed by atoms with Gasteiger partial charge in [0.15, 0.2) is 5.78 Å². The highest BCUT2D eigenvalue weighted by Gasteiger charge is 2.35. The van der Waals surface area contributed by atoms with Crippen molar-refractivity contribution in [1.29, 1.82) is 0 Å². The lowest BCUT2D eigenvalue weighted by Gasteiger charge is -2.38. The first-order chi connectivity index (χ1) is 13.7. The van der Waals surface area contributed by atoms with Gasteiger partial charge in [-0.1, -0.05) is 54.6 Å². The Hall–Kier alpha value is -2.65. The second kappa shape index (κ2) is 7.06. The molecule has 5 rings (SSSR count). The molecule has 1 aliphatic heterocycles. The van der Waals surface area contributed by atoms with Gasteiger partial charge in [0.25, 0.3) is 0 Å². The summed E-state index contributed by atoms with van der Waals surface area (Å²) in [7, 11) is 0. The lowest BCUT2D eigenvalue weighted by molar-refractivity contribution is -0.116. The minimum Gasteiger partial charge on any atom is -0.344 e. The van der Waals surface area contributed by atoms with E-state index in [1.807, 2.05) is 11.3 Å². The largest absolute Gasteiger partial charge is 0.344 e. The van der Waals surface area contributed by atoms with E-state index in [9.17, 15) is 4.79 Å². The summed E-state index contributed by atoms with van der Waals surface area (Å²) in [6.45, 7) is 3.01. The number of nitrogens with zero attached hydrogens (tertiary/aromatic N) is 1. The van der Waals surface area contributed by atoms with Crippen molar-refractivity contribution in [2.45, 2.75) is 38.6 Å². The number of rotatable bonds is 3. The van der Waals surface area contributed by atoms with Gasteiger partial charge in [-0.3, -0.25) is 4.79 Å². The highest BCUT2D eigenvalue weighted by molar-refractivity contribution is 7.19. The molecule has 0 radical (unpaired) electrons. The van der Waals surface area contributed by atoms with E-state index in [4.69, 9.17) is 0 Å². The average Bonchev–Trinajstić information content (AvgIpc) is 3.15. The summed E-state index contributed by atoms with van der Waals surface area (Å²) >= 11 is 1.82. The molecule has 0 amide bonds. The predicted octanol–water partition coefficient (Wildman–Crippen LogP) is 6.41. The van der Waals surface area contributed by atoms with Crippen molar-refractivity contribution in [2.75, 3.05) is 0 Å². The maximum Gasteiger partial charge on any atom is 0.161 e. The maximum atomic E-state index is 13.0. The van der Waals surface area contributed by atoms with Crippen molar-refractivity contribution in [1.82, 2.24) is 4.90 Å². The Balaban J connectivity index is 1.59. The summed E-state index contributed by atoms with van der Waals surface area (Å²) in [4.78, 5) is 16.7. The quantitative estimate of drug-likeness (QED) is 0.519. The van der Waals surface area contributed by atoms with E-state index < -0.39 is 0 Å². The van der Waals surface area contributed by atoms with E-state index in [2.05, 4.69) is 78.6 Å². The Bertz CT molecular complexity index is 1070. The minimum atomic E-state index is 0.0900. The van der Waals surface area contributed by atoms with E-state index in [1.165, 1.54) is 31.9 Å². The average molecular weight is 386 g/mol. The second-order valence-electron chi connectivity index (χ2n) is 7.68. The summed E-state index contributed by atoms with van der Waals surface area (Å²) in [6.07, 6.45) is 4.91. The van der Waals surface area contributed by atoms with Crippen LogP contribution in [0.5, 0.6) is 0 Å². The molecule has 2 heterocycles. The van der Waals surface area contributed by atoms with Crippen LogP contribution in [-0.2, 0) is 11.3 Å². The van der Waals surface area contributed by atoms with Gasteiger partial charge < -0.3 is 4.90 Å². The zero-order valence-electron chi connectivity index (χ0n) is 16.0. The number of ketones is 1. The zero-order valence-corrected chi connectivity index (χ0v) is 16.8. The second-order valence-corrected chi connectivity index (χ2v) is 8.80. The molecule has 0 saturated heterocycles. The van der Waals surface area contributed by atoms with E-state index in [-0.39, 0.29) is 5.92 Å². The molecule has 3 aromatic rings. The third kappa shape index (κ3) is 3.00. The molecular formula is C25H23NOS. The predicted molar refractivity (Wildman–Crippen MR) is 116 cm³/mol. The van der Waals surface area contributed by atoms with Crippen LogP contribution < -0.4 is 0 Å². The molecule has 0 N–H and O–H groups in total. The summed E-state index contributed by atoms with van der Waals surface area (Å²) in [5, 5.41) is 1.27. The lowest BCUT2D eigenvalue weighted by atomic mass is 9.81. The Morgan fingerprint density at radius 1 is 1.04 bits per heavy atom. The van der Waals surface area contributed by atoms with Crippen LogP contribution >= 0.6 is 11.3 Å². The Morgan fingerprint density at radius 3 is 2.64 bits per heavy atom. The van der Waals surface area contributed by atoms with Gasteiger partial charge in [0.05, 0.1) is 0 Å². The molecule has 140 valence electrons. The van der Waals surface area contributed by atoms with Gasteiger partial charge in [-0.15, -0.1) is 11.3 Å². The number of allylic oxidation sites excluding steroid dienone is 4. The van der Waals surface area contributed by atoms with Crippen LogP contribution in [0.2, 0.25) is 0 Å². The fourth-order valence-corrected chi connectivity index (χ4v) is 5.62. The number of hydrogen-bond donors (Lipinski definition) is 0. The topological polar surface area (TPSA) is 20.3 Å². The van der Waals surface area contributed by atoms with Crippen LogP contribution in [0.3, 0.4) is 0 Å². The lowest BCUT2D eigenvalue weighted by Crippen LogP contribution is -2.32. The summed E-state index contributed by atoms with van der Waals surface area (Å²) < 4.78 is 1.29. The van der Waals surface area contributed by atoms with Gasteiger partial charge in [0.1, 0.15) is 0 Å². The standard InChI is InChI=1S/C25H23NOS/c1-17-14-20(24-15-19-10-5-6-13-23(19)28-24)25-21(11-7-12-22(25)27)26(17)16-18-8-3-2-4-9-18/h2-6,8-10,13-15,20H,7,11-12,16H2,1H3. The molecule has 28 heavy (non-hydrogen) atoms. The van der Waals surface area contributed by atoms with Gasteiger partial charge in [0, 0.05) is 45.4 Å². The third-order valence-electron chi connectivity index (χ3n) is 5.83. The van der Waals surface area contributed by atoms with Gasteiger partial charge >= 0.3 is 0 Å². The molecule has 2 aromatic carbocycles. The van der Waals surface area contributed by atoms with Crippen molar-refractivity contribution in [3.8, 4) is 0 Å². The first kappa shape index (κ1) is 17.4. The summed E-state index contributed by atoms with van der Waals surface area (Å²) in [5.41, 5.74) is 4.79. The number of carbonyl (C=O) groups excluding carboxylic acids is 1. The number of benzene rings is 2. The van der Waals surface area contributed by atoms with E-state index in [0.717, 1.165) is 25.0 Å². The van der Waals surface area contributed by atoms with E-state index in [1.54, 1.807) is 0 Å². The van der Waals surface area contributed by atoms with Crippen LogP contribution in [-0.4, -0.2) is 10.7 Å². The maximum absolute atomic E-state index is 13.0. The molecule has 0 saturated carbocycles. The smallest absolute Gasteiger partial charge is 0.161 e. The number of hydrogen-bond acceptors (Lipinski definition) is 3. The molecule has 0 spiro atoms. The molecule has 3 heteroatoms. The van der Waals surface area contributed by atoms with E-state index in [0.29, 0.717) is 12.2 Å². The molecular weight excluding hydrogens is 362 g/mol. The van der Waals surface area contributed by atoms with Crippen LogP contribution in [0.15, 0.2) is 83.7 Å². The monoisotopic (exact) mass is 385 g/mol. The van der Waals surface area contributed by atoms with Gasteiger partial charge in [-0.2, -0.15) is 0 Å². The SMILES string of the molecule is CC1=CC(c2cc3ccccc3s2)C2=C(CCCC2=O)N1Cc1ccccc1. The van der Waals surface area contributed by atoms with Crippen molar-refractivity contribution < 1.29 is 4.79 Å². The fraction of sp³-hybridized carbons (Fsp3) is 0.240. The van der Waals surface area contributed by atoms with Gasteiger partial charge in [-0.05, 0) is 42.8 Å². The molecule has 1 unspecified atom stereocenters. The first-order valence-corrected chi connectivity index (χ1v) is 10.8. The Kier molecular flexibility index (Phi) is 4.40. The normalized spacial score (nSPS) is 19.8. The van der Waals surface area contributed by atoms with Crippen LogP contribution in [0.4, 0.5) is 0 Å². The van der Waals surface area contributed by atoms with Crippen LogP contribution in [0.25, 0.3) is 10.1 Å². The van der Waals surface area contributed by atoms with Crippen LogP contribution in [0, 0.1) is 0 Å². The van der Waals surface area contributed by atoms with E-state index >= 15 is 0 Å². The summed E-state index contributed by atoms with van der Waals surface area (Å²) in [5.74, 6) is 0.415. The van der Waals surface area contributed by atoms with Gasteiger partial charge in [-0.25, -0.2) is 0 Å². The van der Waals surface area contributed by atoms with Crippen molar-refractivity contribution >= 4 is 27.2 Å². The fourth-order valence-electron chi connectivity index (χ4n) is 4.47. The molecule has 2 aliphatic rings. The molecule has 0 fully saturated rings. The highest BCUT2D eigenvalue weighted by atomic mass is 32.1. The molecule has 1 atom stereocenters. The highest BCUT2D eigenvalue weighted by Crippen LogP contribution is 2.45. The number of thiophene rings is 1. The van der Waals surface area contributed by atoms with Crippen molar-refractivity contribution in [3.05, 3.63) is 94.1 Å². The number of carbonyl (C=O) groups is 1. The minimum absolute atomic E-state index is 0.0900. The Morgan fingerprint density at radius 2 is 1.82 bits per heavy atom. The van der Waals surface area contributed by atoms with Crippen molar-refractivity contribution in [2.24, 2.45) is 0 Å².